The Morgan fingerprint density at radius 3 is 2.75 bits per heavy atom. The summed E-state index contributed by atoms with van der Waals surface area (Å²) in [7, 11) is 1.64. The molecular weight excluding hydrogens is 306 g/mol. The molecule has 1 aliphatic rings. The van der Waals surface area contributed by atoms with Crippen LogP contribution in [0.1, 0.15) is 18.4 Å². The van der Waals surface area contributed by atoms with Gasteiger partial charge in [0.15, 0.2) is 5.65 Å². The number of rotatable bonds is 3. The van der Waals surface area contributed by atoms with Crippen LogP contribution in [0.2, 0.25) is 0 Å². The molecule has 1 saturated heterocycles. The molecule has 1 N–H and O–H groups in total. The molecule has 3 aromatic rings. The molecule has 7 heteroatoms. The first-order valence-electron chi connectivity index (χ1n) is 8.05. The van der Waals surface area contributed by atoms with Gasteiger partial charge in [0.25, 0.3) is 5.56 Å². The van der Waals surface area contributed by atoms with Crippen molar-refractivity contribution in [3.8, 4) is 11.4 Å². The van der Waals surface area contributed by atoms with Gasteiger partial charge in [0, 0.05) is 19.3 Å². The number of anilines is 1. The van der Waals surface area contributed by atoms with E-state index in [2.05, 4.69) is 20.0 Å². The third-order valence-corrected chi connectivity index (χ3v) is 4.43. The monoisotopic (exact) mass is 325 g/mol. The van der Waals surface area contributed by atoms with E-state index in [1.54, 1.807) is 18.0 Å². The number of hydrogen-bond acceptors (Lipinski definition) is 5. The van der Waals surface area contributed by atoms with Crippen LogP contribution >= 0.6 is 0 Å². The highest BCUT2D eigenvalue weighted by Crippen LogP contribution is 2.22. The lowest BCUT2D eigenvalue weighted by Crippen LogP contribution is -2.23. The molecule has 3 heterocycles. The van der Waals surface area contributed by atoms with Gasteiger partial charge in [-0.1, -0.05) is 0 Å². The van der Waals surface area contributed by atoms with Gasteiger partial charge in [-0.15, -0.1) is 5.10 Å². The van der Waals surface area contributed by atoms with E-state index in [1.807, 2.05) is 25.1 Å². The quantitative estimate of drug-likeness (QED) is 0.797. The maximum absolute atomic E-state index is 12.4. The van der Waals surface area contributed by atoms with Crippen LogP contribution in [0, 0.1) is 6.92 Å². The average Bonchev–Trinajstić information content (AvgIpc) is 3.24. The Labute approximate surface area is 138 Å². The molecule has 0 spiro atoms. The Bertz CT molecular complexity index is 953. The first-order chi connectivity index (χ1) is 11.7. The molecule has 0 atom stereocenters. The second kappa shape index (κ2) is 5.67. The maximum atomic E-state index is 12.4. The zero-order chi connectivity index (χ0) is 16.7. The summed E-state index contributed by atoms with van der Waals surface area (Å²) in [5.74, 6) is 1.40. The van der Waals surface area contributed by atoms with E-state index in [-0.39, 0.29) is 5.56 Å². The number of H-pyrrole nitrogens is 1. The van der Waals surface area contributed by atoms with Crippen molar-refractivity contribution in [2.24, 2.45) is 0 Å². The number of nitrogens with zero attached hydrogens (tertiary/aromatic N) is 4. The van der Waals surface area contributed by atoms with Gasteiger partial charge in [-0.2, -0.15) is 4.98 Å². The molecule has 0 aliphatic carbocycles. The summed E-state index contributed by atoms with van der Waals surface area (Å²) in [5.41, 5.74) is 2.23. The zero-order valence-electron chi connectivity index (χ0n) is 13.7. The predicted octanol–water partition coefficient (Wildman–Crippen LogP) is 2.03. The maximum Gasteiger partial charge on any atom is 0.263 e. The van der Waals surface area contributed by atoms with Gasteiger partial charge in [-0.05, 0) is 43.5 Å². The van der Waals surface area contributed by atoms with Crippen molar-refractivity contribution in [3.05, 3.63) is 40.3 Å². The van der Waals surface area contributed by atoms with Crippen molar-refractivity contribution >= 4 is 17.0 Å². The van der Waals surface area contributed by atoms with E-state index in [0.29, 0.717) is 17.0 Å². The molecule has 0 saturated carbocycles. The van der Waals surface area contributed by atoms with E-state index < -0.39 is 0 Å². The normalized spacial score (nSPS) is 14.5. The highest BCUT2D eigenvalue weighted by molar-refractivity contribution is 5.74. The van der Waals surface area contributed by atoms with Crippen molar-refractivity contribution in [2.75, 3.05) is 25.1 Å². The van der Waals surface area contributed by atoms with Crippen molar-refractivity contribution < 1.29 is 4.74 Å². The fourth-order valence-corrected chi connectivity index (χ4v) is 3.12. The van der Waals surface area contributed by atoms with Gasteiger partial charge in [0.2, 0.25) is 5.95 Å². The number of hydrogen-bond donors (Lipinski definition) is 1. The van der Waals surface area contributed by atoms with E-state index in [0.717, 1.165) is 42.9 Å². The standard InChI is InChI=1S/C17H19N5O2/c1-11-9-12(24-2)5-6-14(11)22-10-13-15(20-22)18-17(19-16(13)23)21-7-3-4-8-21/h5-6,9-10H,3-4,7-8H2,1-2H3,(H,18,19,20,23). The molecule has 0 amide bonds. The smallest absolute Gasteiger partial charge is 0.263 e. The molecule has 0 radical (unpaired) electrons. The molecule has 24 heavy (non-hydrogen) atoms. The molecule has 124 valence electrons. The summed E-state index contributed by atoms with van der Waals surface area (Å²) < 4.78 is 6.94. The predicted molar refractivity (Wildman–Crippen MR) is 92.2 cm³/mol. The third kappa shape index (κ3) is 2.42. The van der Waals surface area contributed by atoms with Crippen LogP contribution < -0.4 is 15.2 Å². The van der Waals surface area contributed by atoms with E-state index >= 15 is 0 Å². The van der Waals surface area contributed by atoms with Gasteiger partial charge < -0.3 is 9.64 Å². The molecule has 1 aromatic carbocycles. The molecule has 1 aliphatic heterocycles. The topological polar surface area (TPSA) is 76.0 Å². The van der Waals surface area contributed by atoms with Crippen molar-refractivity contribution in [1.82, 2.24) is 19.7 Å². The lowest BCUT2D eigenvalue weighted by molar-refractivity contribution is 0.414. The van der Waals surface area contributed by atoms with E-state index in [4.69, 9.17) is 4.74 Å². The Hall–Kier alpha value is -2.83. The van der Waals surface area contributed by atoms with Gasteiger partial charge in [0.05, 0.1) is 12.8 Å². The molecule has 2 aromatic heterocycles. The van der Waals surface area contributed by atoms with Gasteiger partial charge in [-0.3, -0.25) is 9.78 Å². The molecule has 7 nitrogen and oxygen atoms in total. The Kier molecular flexibility index (Phi) is 3.48. The summed E-state index contributed by atoms with van der Waals surface area (Å²) in [4.78, 5) is 21.9. The first kappa shape index (κ1) is 14.7. The highest BCUT2D eigenvalue weighted by Gasteiger charge is 2.17. The third-order valence-electron chi connectivity index (χ3n) is 4.43. The largest absolute Gasteiger partial charge is 0.497 e. The summed E-state index contributed by atoms with van der Waals surface area (Å²) in [6, 6.07) is 5.74. The first-order valence-corrected chi connectivity index (χ1v) is 8.05. The molecule has 0 bridgehead atoms. The second-order valence-electron chi connectivity index (χ2n) is 6.05. The Morgan fingerprint density at radius 2 is 2.04 bits per heavy atom. The number of benzene rings is 1. The lowest BCUT2D eigenvalue weighted by Gasteiger charge is -2.14. The van der Waals surface area contributed by atoms with E-state index in [1.165, 1.54) is 0 Å². The van der Waals surface area contributed by atoms with Crippen LogP contribution in [0.15, 0.2) is 29.2 Å². The number of methoxy groups -OCH3 is 1. The van der Waals surface area contributed by atoms with Crippen molar-refractivity contribution in [1.29, 1.82) is 0 Å². The molecule has 4 rings (SSSR count). The van der Waals surface area contributed by atoms with E-state index in [9.17, 15) is 4.79 Å². The average molecular weight is 325 g/mol. The lowest BCUT2D eigenvalue weighted by atomic mass is 10.2. The van der Waals surface area contributed by atoms with Crippen LogP contribution in [-0.2, 0) is 0 Å². The second-order valence-corrected chi connectivity index (χ2v) is 6.05. The number of ether oxygens (including phenoxy) is 1. The fraction of sp³-hybridized carbons (Fsp3) is 0.353. The number of aromatic amines is 1. The van der Waals surface area contributed by atoms with Crippen molar-refractivity contribution in [3.63, 3.8) is 0 Å². The molecule has 0 unspecified atom stereocenters. The zero-order valence-corrected chi connectivity index (χ0v) is 13.7. The van der Waals surface area contributed by atoms with Gasteiger partial charge >= 0.3 is 0 Å². The summed E-state index contributed by atoms with van der Waals surface area (Å²) in [6.45, 7) is 3.83. The van der Waals surface area contributed by atoms with Crippen LogP contribution in [0.3, 0.4) is 0 Å². The van der Waals surface area contributed by atoms with Crippen molar-refractivity contribution in [2.45, 2.75) is 19.8 Å². The number of fused-ring (bicyclic) bond motifs is 1. The summed E-state index contributed by atoms with van der Waals surface area (Å²) >= 11 is 0. The van der Waals surface area contributed by atoms with Crippen LogP contribution in [0.25, 0.3) is 16.7 Å². The minimum absolute atomic E-state index is 0.153. The Balaban J connectivity index is 1.80. The molecule has 1 fully saturated rings. The SMILES string of the molecule is COc1ccc(-n2cc3c(=O)[nH]c(N4CCCC4)nc3n2)c(C)c1. The minimum Gasteiger partial charge on any atom is -0.497 e. The number of nitrogens with one attached hydrogen (secondary N) is 1. The Morgan fingerprint density at radius 1 is 1.25 bits per heavy atom. The molecular formula is C17H19N5O2. The van der Waals surface area contributed by atoms with Crippen LogP contribution in [0.4, 0.5) is 5.95 Å². The minimum atomic E-state index is -0.153. The number of aromatic nitrogens is 4. The fourth-order valence-electron chi connectivity index (χ4n) is 3.12. The summed E-state index contributed by atoms with van der Waals surface area (Å²) in [5, 5.41) is 5.00. The summed E-state index contributed by atoms with van der Waals surface area (Å²) in [6.07, 6.45) is 3.98. The van der Waals surface area contributed by atoms with Crippen LogP contribution in [-0.4, -0.2) is 39.9 Å². The number of aryl methyl sites for hydroxylation is 1. The van der Waals surface area contributed by atoms with Gasteiger partial charge in [-0.25, -0.2) is 4.68 Å². The van der Waals surface area contributed by atoms with Crippen LogP contribution in [0.5, 0.6) is 5.75 Å². The van der Waals surface area contributed by atoms with Gasteiger partial charge in [0.1, 0.15) is 11.1 Å². The highest BCUT2D eigenvalue weighted by atomic mass is 16.5.